The smallest absolute Gasteiger partial charge is 0.273 e. The number of nitro groups is 1. The third kappa shape index (κ3) is 3.53. The van der Waals surface area contributed by atoms with Gasteiger partial charge in [-0.05, 0) is 19.3 Å². The molecule has 1 atom stereocenters. The summed E-state index contributed by atoms with van der Waals surface area (Å²) in [6, 6.07) is 7.35. The Morgan fingerprint density at radius 1 is 1.47 bits per heavy atom. The van der Waals surface area contributed by atoms with Crippen molar-refractivity contribution in [2.45, 2.75) is 38.8 Å². The topological polar surface area (TPSA) is 55.2 Å². The Hall–Kier alpha value is -1.42. The number of rotatable bonds is 6. The van der Waals surface area contributed by atoms with E-state index in [0.29, 0.717) is 12.6 Å². The second-order valence-corrected chi connectivity index (χ2v) is 4.85. The lowest BCUT2D eigenvalue weighted by atomic mass is 10.1. The van der Waals surface area contributed by atoms with E-state index in [2.05, 4.69) is 12.2 Å². The van der Waals surface area contributed by atoms with Gasteiger partial charge in [0.05, 0.1) is 4.92 Å². The van der Waals surface area contributed by atoms with Crippen LogP contribution >= 0.6 is 0 Å². The molecule has 92 valence electrons. The van der Waals surface area contributed by atoms with Gasteiger partial charge in [0.15, 0.2) is 0 Å². The molecule has 0 heterocycles. The first-order valence-corrected chi connectivity index (χ1v) is 6.12. The molecule has 1 saturated carbocycles. The fourth-order valence-electron chi connectivity index (χ4n) is 2.06. The molecule has 0 amide bonds. The van der Waals surface area contributed by atoms with Gasteiger partial charge in [0.1, 0.15) is 0 Å². The Kier molecular flexibility index (Phi) is 3.74. The SMILES string of the molecule is CC(CC1CC1)NCc1ccccc1[N+](=O)[O-]. The van der Waals surface area contributed by atoms with Crippen LogP contribution in [0.2, 0.25) is 0 Å². The summed E-state index contributed by atoms with van der Waals surface area (Å²) in [6.45, 7) is 2.72. The zero-order valence-electron chi connectivity index (χ0n) is 10.1. The lowest BCUT2D eigenvalue weighted by Gasteiger charge is -2.13. The van der Waals surface area contributed by atoms with Gasteiger partial charge in [-0.1, -0.05) is 31.0 Å². The van der Waals surface area contributed by atoms with Gasteiger partial charge in [-0.15, -0.1) is 0 Å². The average Bonchev–Trinajstić information content (AvgIpc) is 3.10. The fraction of sp³-hybridized carbons (Fsp3) is 0.538. The fourth-order valence-corrected chi connectivity index (χ4v) is 2.06. The summed E-state index contributed by atoms with van der Waals surface area (Å²) in [7, 11) is 0. The lowest BCUT2D eigenvalue weighted by Crippen LogP contribution is -2.26. The third-order valence-electron chi connectivity index (χ3n) is 3.21. The van der Waals surface area contributed by atoms with E-state index in [0.717, 1.165) is 11.5 Å². The molecule has 0 aromatic heterocycles. The molecule has 4 nitrogen and oxygen atoms in total. The molecule has 4 heteroatoms. The molecule has 0 radical (unpaired) electrons. The highest BCUT2D eigenvalue weighted by Crippen LogP contribution is 2.33. The molecular weight excluding hydrogens is 216 g/mol. The van der Waals surface area contributed by atoms with E-state index in [-0.39, 0.29) is 10.6 Å². The minimum absolute atomic E-state index is 0.207. The van der Waals surface area contributed by atoms with E-state index in [9.17, 15) is 10.1 Å². The number of hydrogen-bond acceptors (Lipinski definition) is 3. The molecule has 0 aliphatic heterocycles. The van der Waals surface area contributed by atoms with Crippen molar-refractivity contribution in [1.29, 1.82) is 0 Å². The van der Waals surface area contributed by atoms with Crippen LogP contribution in [0.5, 0.6) is 0 Å². The van der Waals surface area contributed by atoms with Gasteiger partial charge in [-0.2, -0.15) is 0 Å². The Morgan fingerprint density at radius 2 is 2.18 bits per heavy atom. The maximum absolute atomic E-state index is 10.8. The first-order chi connectivity index (χ1) is 8.16. The van der Waals surface area contributed by atoms with Crippen molar-refractivity contribution in [3.8, 4) is 0 Å². The molecule has 1 aliphatic rings. The zero-order valence-corrected chi connectivity index (χ0v) is 10.1. The minimum atomic E-state index is -0.317. The van der Waals surface area contributed by atoms with E-state index < -0.39 is 0 Å². The van der Waals surface area contributed by atoms with Crippen molar-refractivity contribution >= 4 is 5.69 Å². The molecule has 1 unspecified atom stereocenters. The normalized spacial score (nSPS) is 16.8. The molecule has 2 rings (SSSR count). The minimum Gasteiger partial charge on any atom is -0.310 e. The van der Waals surface area contributed by atoms with Crippen LogP contribution in [-0.2, 0) is 6.54 Å². The van der Waals surface area contributed by atoms with E-state index in [1.807, 2.05) is 12.1 Å². The number of nitrogens with zero attached hydrogens (tertiary/aromatic N) is 1. The van der Waals surface area contributed by atoms with Crippen LogP contribution in [0.1, 0.15) is 31.7 Å². The quantitative estimate of drug-likeness (QED) is 0.608. The molecule has 0 bridgehead atoms. The van der Waals surface area contributed by atoms with Gasteiger partial charge in [-0.3, -0.25) is 10.1 Å². The number of nitro benzene ring substituents is 1. The predicted octanol–water partition coefficient (Wildman–Crippen LogP) is 2.87. The van der Waals surface area contributed by atoms with Crippen LogP contribution in [0.3, 0.4) is 0 Å². The standard InChI is InChI=1S/C13H18N2O2/c1-10(8-11-6-7-11)14-9-12-4-2-3-5-13(12)15(16)17/h2-5,10-11,14H,6-9H2,1H3. The monoisotopic (exact) mass is 234 g/mol. The molecule has 1 N–H and O–H groups in total. The van der Waals surface area contributed by atoms with Crippen molar-refractivity contribution in [2.24, 2.45) is 5.92 Å². The zero-order chi connectivity index (χ0) is 12.3. The molecule has 0 saturated heterocycles. The Labute approximate surface area is 101 Å². The largest absolute Gasteiger partial charge is 0.310 e. The van der Waals surface area contributed by atoms with E-state index in [4.69, 9.17) is 0 Å². The first-order valence-electron chi connectivity index (χ1n) is 6.12. The predicted molar refractivity (Wildman–Crippen MR) is 66.7 cm³/mol. The summed E-state index contributed by atoms with van der Waals surface area (Å²) in [4.78, 5) is 10.5. The lowest BCUT2D eigenvalue weighted by molar-refractivity contribution is -0.385. The van der Waals surface area contributed by atoms with Gasteiger partial charge >= 0.3 is 0 Å². The maximum Gasteiger partial charge on any atom is 0.273 e. The average molecular weight is 234 g/mol. The van der Waals surface area contributed by atoms with Crippen molar-refractivity contribution in [3.63, 3.8) is 0 Å². The van der Waals surface area contributed by atoms with E-state index >= 15 is 0 Å². The summed E-state index contributed by atoms with van der Waals surface area (Å²) < 4.78 is 0. The molecular formula is C13H18N2O2. The molecule has 1 aromatic rings. The number of nitrogens with one attached hydrogen (secondary N) is 1. The van der Waals surface area contributed by atoms with Crippen molar-refractivity contribution in [3.05, 3.63) is 39.9 Å². The van der Waals surface area contributed by atoms with Gasteiger partial charge in [-0.25, -0.2) is 0 Å². The van der Waals surface area contributed by atoms with Crippen molar-refractivity contribution in [1.82, 2.24) is 5.32 Å². The van der Waals surface area contributed by atoms with Crippen LogP contribution in [0.25, 0.3) is 0 Å². The molecule has 1 aromatic carbocycles. The van der Waals surface area contributed by atoms with Crippen LogP contribution in [0.15, 0.2) is 24.3 Å². The number of benzene rings is 1. The maximum atomic E-state index is 10.8. The van der Waals surface area contributed by atoms with Crippen LogP contribution in [0, 0.1) is 16.0 Å². The summed E-state index contributed by atoms with van der Waals surface area (Å²) in [5.74, 6) is 0.878. The summed E-state index contributed by atoms with van der Waals surface area (Å²) in [6.07, 6.45) is 3.87. The highest BCUT2D eigenvalue weighted by molar-refractivity contribution is 5.39. The van der Waals surface area contributed by atoms with Gasteiger partial charge in [0.25, 0.3) is 5.69 Å². The molecule has 0 spiro atoms. The molecule has 17 heavy (non-hydrogen) atoms. The van der Waals surface area contributed by atoms with Gasteiger partial charge in [0.2, 0.25) is 0 Å². The summed E-state index contributed by atoms with van der Waals surface area (Å²) in [5.41, 5.74) is 0.971. The van der Waals surface area contributed by atoms with Gasteiger partial charge < -0.3 is 5.32 Å². The van der Waals surface area contributed by atoms with Crippen LogP contribution in [-0.4, -0.2) is 11.0 Å². The first kappa shape index (κ1) is 12.0. The van der Waals surface area contributed by atoms with Crippen molar-refractivity contribution < 1.29 is 4.92 Å². The summed E-state index contributed by atoms with van der Waals surface area (Å²) >= 11 is 0. The van der Waals surface area contributed by atoms with Crippen LogP contribution in [0.4, 0.5) is 5.69 Å². The Balaban J connectivity index is 1.90. The summed E-state index contributed by atoms with van der Waals surface area (Å²) in [5, 5.41) is 14.2. The van der Waals surface area contributed by atoms with E-state index in [1.54, 1.807) is 12.1 Å². The third-order valence-corrected chi connectivity index (χ3v) is 3.21. The van der Waals surface area contributed by atoms with E-state index in [1.165, 1.54) is 19.3 Å². The molecule has 1 aliphatic carbocycles. The van der Waals surface area contributed by atoms with Crippen molar-refractivity contribution in [2.75, 3.05) is 0 Å². The number of hydrogen-bond donors (Lipinski definition) is 1. The number of para-hydroxylation sites is 1. The second-order valence-electron chi connectivity index (χ2n) is 4.85. The highest BCUT2D eigenvalue weighted by Gasteiger charge is 2.23. The Bertz CT molecular complexity index is 402. The van der Waals surface area contributed by atoms with Gasteiger partial charge in [0, 0.05) is 24.2 Å². The second kappa shape index (κ2) is 5.27. The molecule has 1 fully saturated rings. The Morgan fingerprint density at radius 3 is 2.82 bits per heavy atom. The highest BCUT2D eigenvalue weighted by atomic mass is 16.6. The van der Waals surface area contributed by atoms with Crippen LogP contribution < -0.4 is 5.32 Å².